The molecule has 3 aromatic carbocycles. The summed E-state index contributed by atoms with van der Waals surface area (Å²) < 4.78 is 0. The van der Waals surface area contributed by atoms with Gasteiger partial charge in [0.1, 0.15) is 0 Å². The Hall–Kier alpha value is -2.56. The number of carbonyl (C=O) groups is 1. The summed E-state index contributed by atoms with van der Waals surface area (Å²) in [5.74, 6) is -0.958. The van der Waals surface area contributed by atoms with Gasteiger partial charge in [-0.25, -0.2) is 4.79 Å². The molecule has 1 aliphatic heterocycles. The number of carboxylic acids is 1. The quantitative estimate of drug-likeness (QED) is 0.597. The van der Waals surface area contributed by atoms with Crippen LogP contribution in [0.1, 0.15) is 34.8 Å². The molecule has 0 saturated heterocycles. The van der Waals surface area contributed by atoms with Gasteiger partial charge in [0.15, 0.2) is 5.60 Å². The Morgan fingerprint density at radius 3 is 2.41 bits per heavy atom. The van der Waals surface area contributed by atoms with Gasteiger partial charge in [-0.2, -0.15) is 0 Å². The van der Waals surface area contributed by atoms with Gasteiger partial charge in [0.05, 0.1) is 11.3 Å². The zero-order valence-corrected chi connectivity index (χ0v) is 15.9. The number of benzene rings is 3. The average Bonchev–Trinajstić information content (AvgIpc) is 3.03. The number of halogens is 2. The maximum Gasteiger partial charge on any atom is 0.336 e. The minimum absolute atomic E-state index is 0.262. The van der Waals surface area contributed by atoms with Crippen molar-refractivity contribution in [1.82, 2.24) is 0 Å². The van der Waals surface area contributed by atoms with E-state index in [0.29, 0.717) is 21.9 Å². The normalized spacial score (nSPS) is 19.0. The first-order valence-corrected chi connectivity index (χ1v) is 9.10. The lowest BCUT2D eigenvalue weighted by Crippen LogP contribution is -2.22. The van der Waals surface area contributed by atoms with Gasteiger partial charge < -0.3 is 9.94 Å². The average molecular weight is 400 g/mol. The van der Waals surface area contributed by atoms with Gasteiger partial charge in [-0.1, -0.05) is 58.7 Å². The first kappa shape index (κ1) is 17.8. The SMILES string of the molecule is CC1(c2cc(Cl)cc(Cl)c2)CC(c2ccc(C(=O)O)c3ccccc23)=NO1. The topological polar surface area (TPSA) is 58.9 Å². The minimum atomic E-state index is -0.958. The van der Waals surface area contributed by atoms with Crippen molar-refractivity contribution in [2.75, 3.05) is 0 Å². The number of fused-ring (bicyclic) bond motifs is 1. The predicted molar refractivity (Wildman–Crippen MR) is 107 cm³/mol. The van der Waals surface area contributed by atoms with E-state index in [2.05, 4.69) is 5.16 Å². The summed E-state index contributed by atoms with van der Waals surface area (Å²) >= 11 is 12.3. The maximum absolute atomic E-state index is 11.5. The lowest BCUT2D eigenvalue weighted by Gasteiger charge is -2.22. The molecular formula is C21H15Cl2NO3. The van der Waals surface area contributed by atoms with E-state index in [4.69, 9.17) is 28.0 Å². The van der Waals surface area contributed by atoms with Crippen molar-refractivity contribution in [3.05, 3.63) is 81.3 Å². The Morgan fingerprint density at radius 2 is 1.74 bits per heavy atom. The molecule has 0 fully saturated rings. The summed E-state index contributed by atoms with van der Waals surface area (Å²) in [6, 6.07) is 16.1. The van der Waals surface area contributed by atoms with Gasteiger partial charge in [-0.05, 0) is 42.0 Å². The molecule has 0 amide bonds. The molecule has 6 heteroatoms. The number of hydrogen-bond acceptors (Lipinski definition) is 3. The number of nitrogens with zero attached hydrogens (tertiary/aromatic N) is 1. The monoisotopic (exact) mass is 399 g/mol. The van der Waals surface area contributed by atoms with Crippen LogP contribution in [-0.4, -0.2) is 16.8 Å². The smallest absolute Gasteiger partial charge is 0.336 e. The van der Waals surface area contributed by atoms with Gasteiger partial charge in [0.2, 0.25) is 0 Å². The largest absolute Gasteiger partial charge is 0.478 e. The Balaban J connectivity index is 1.76. The standard InChI is InChI=1S/C21H15Cl2NO3/c1-21(12-8-13(22)10-14(23)9-12)11-19(24-27-21)17-6-7-18(20(25)26)16-5-3-2-4-15(16)17/h2-10H,11H2,1H3,(H,25,26). The fourth-order valence-corrected chi connectivity index (χ4v) is 3.96. The lowest BCUT2D eigenvalue weighted by molar-refractivity contribution is -0.00737. The molecule has 1 atom stereocenters. The van der Waals surface area contributed by atoms with E-state index in [1.54, 1.807) is 24.3 Å². The summed E-state index contributed by atoms with van der Waals surface area (Å²) in [6.07, 6.45) is 0.514. The predicted octanol–water partition coefficient (Wildman–Crippen LogP) is 5.88. The van der Waals surface area contributed by atoms with Crippen LogP contribution in [0.25, 0.3) is 10.8 Å². The van der Waals surface area contributed by atoms with Gasteiger partial charge in [0.25, 0.3) is 0 Å². The lowest BCUT2D eigenvalue weighted by atomic mass is 9.87. The molecule has 0 aliphatic carbocycles. The fourth-order valence-electron chi connectivity index (χ4n) is 3.44. The van der Waals surface area contributed by atoms with Crippen LogP contribution >= 0.6 is 23.2 Å². The molecule has 1 heterocycles. The van der Waals surface area contributed by atoms with Crippen LogP contribution < -0.4 is 0 Å². The van der Waals surface area contributed by atoms with E-state index in [0.717, 1.165) is 22.2 Å². The van der Waals surface area contributed by atoms with Crippen molar-refractivity contribution < 1.29 is 14.7 Å². The van der Waals surface area contributed by atoms with Crippen LogP contribution in [-0.2, 0) is 10.4 Å². The number of rotatable bonds is 3. The molecule has 1 unspecified atom stereocenters. The molecule has 0 bridgehead atoms. The van der Waals surface area contributed by atoms with Crippen molar-refractivity contribution in [3.63, 3.8) is 0 Å². The van der Waals surface area contributed by atoms with Crippen molar-refractivity contribution in [3.8, 4) is 0 Å². The molecular weight excluding hydrogens is 385 g/mol. The number of carboxylic acid groups (broad SMARTS) is 1. The van der Waals surface area contributed by atoms with E-state index in [9.17, 15) is 9.90 Å². The molecule has 3 aromatic rings. The first-order valence-electron chi connectivity index (χ1n) is 8.34. The molecule has 0 aromatic heterocycles. The second-order valence-corrected chi connectivity index (χ2v) is 7.58. The Bertz CT molecular complexity index is 1090. The van der Waals surface area contributed by atoms with E-state index >= 15 is 0 Å². The zero-order chi connectivity index (χ0) is 19.2. The first-order chi connectivity index (χ1) is 12.9. The molecule has 0 radical (unpaired) electrons. The molecule has 4 nitrogen and oxygen atoms in total. The third-order valence-corrected chi connectivity index (χ3v) is 5.24. The van der Waals surface area contributed by atoms with Crippen molar-refractivity contribution >= 4 is 45.7 Å². The maximum atomic E-state index is 11.5. The van der Waals surface area contributed by atoms with Crippen molar-refractivity contribution in [2.24, 2.45) is 5.16 Å². The highest BCUT2D eigenvalue weighted by Gasteiger charge is 2.37. The summed E-state index contributed by atoms with van der Waals surface area (Å²) in [7, 11) is 0. The molecule has 0 saturated carbocycles. The van der Waals surface area contributed by atoms with Gasteiger partial charge in [-0.15, -0.1) is 0 Å². The third-order valence-electron chi connectivity index (χ3n) is 4.80. The van der Waals surface area contributed by atoms with Crippen LogP contribution in [0, 0.1) is 0 Å². The molecule has 4 rings (SSSR count). The number of oxime groups is 1. The van der Waals surface area contributed by atoms with Crippen LogP contribution in [0.5, 0.6) is 0 Å². The molecule has 1 aliphatic rings. The van der Waals surface area contributed by atoms with E-state index < -0.39 is 11.6 Å². The summed E-state index contributed by atoms with van der Waals surface area (Å²) in [6.45, 7) is 1.93. The number of hydrogen-bond donors (Lipinski definition) is 1. The second kappa shape index (κ2) is 6.55. The summed E-state index contributed by atoms with van der Waals surface area (Å²) in [5, 5.41) is 16.3. The third kappa shape index (κ3) is 3.15. The summed E-state index contributed by atoms with van der Waals surface area (Å²) in [4.78, 5) is 17.3. The van der Waals surface area contributed by atoms with Crippen LogP contribution in [0.15, 0.2) is 59.8 Å². The Labute approximate surface area is 166 Å². The Kier molecular flexibility index (Phi) is 4.33. The number of aromatic carboxylic acids is 1. The Morgan fingerprint density at radius 1 is 1.07 bits per heavy atom. The molecule has 136 valence electrons. The van der Waals surface area contributed by atoms with Gasteiger partial charge >= 0.3 is 5.97 Å². The molecule has 1 N–H and O–H groups in total. The second-order valence-electron chi connectivity index (χ2n) is 6.71. The van der Waals surface area contributed by atoms with E-state index in [1.807, 2.05) is 37.3 Å². The highest BCUT2D eigenvalue weighted by molar-refractivity contribution is 6.34. The highest BCUT2D eigenvalue weighted by Crippen LogP contribution is 2.39. The van der Waals surface area contributed by atoms with Crippen LogP contribution in [0.2, 0.25) is 10.0 Å². The highest BCUT2D eigenvalue weighted by atomic mass is 35.5. The van der Waals surface area contributed by atoms with Gasteiger partial charge in [0, 0.05) is 27.6 Å². The minimum Gasteiger partial charge on any atom is -0.478 e. The van der Waals surface area contributed by atoms with Crippen LogP contribution in [0.4, 0.5) is 0 Å². The molecule has 0 spiro atoms. The zero-order valence-electron chi connectivity index (χ0n) is 14.4. The van der Waals surface area contributed by atoms with Crippen molar-refractivity contribution in [1.29, 1.82) is 0 Å². The fraction of sp³-hybridized carbons (Fsp3) is 0.143. The summed E-state index contributed by atoms with van der Waals surface area (Å²) in [5.41, 5.74) is 2.01. The van der Waals surface area contributed by atoms with Gasteiger partial charge in [-0.3, -0.25) is 0 Å². The van der Waals surface area contributed by atoms with Crippen molar-refractivity contribution in [2.45, 2.75) is 18.9 Å². The van der Waals surface area contributed by atoms with Crippen LogP contribution in [0.3, 0.4) is 0 Å². The van der Waals surface area contributed by atoms with E-state index in [-0.39, 0.29) is 5.56 Å². The molecule has 27 heavy (non-hydrogen) atoms. The van der Waals surface area contributed by atoms with E-state index in [1.165, 1.54) is 0 Å².